The number of carbonyl (C=O) groups is 1. The highest BCUT2D eigenvalue weighted by atomic mass is 32.2. The molecule has 1 aliphatic rings. The predicted molar refractivity (Wildman–Crippen MR) is 90.7 cm³/mol. The second-order valence-electron chi connectivity index (χ2n) is 5.61. The van der Waals surface area contributed by atoms with Gasteiger partial charge in [0.15, 0.2) is 5.65 Å². The minimum Gasteiger partial charge on any atom is -0.468 e. The Morgan fingerprint density at radius 3 is 3.09 bits per heavy atom. The molecule has 0 aromatic carbocycles. The molecule has 0 spiro atoms. The van der Waals surface area contributed by atoms with Crippen molar-refractivity contribution < 1.29 is 9.53 Å². The van der Waals surface area contributed by atoms with Crippen LogP contribution in [0.25, 0.3) is 11.0 Å². The van der Waals surface area contributed by atoms with E-state index in [1.165, 1.54) is 26.4 Å². The van der Waals surface area contributed by atoms with Crippen molar-refractivity contribution in [3.05, 3.63) is 12.5 Å². The summed E-state index contributed by atoms with van der Waals surface area (Å²) in [5.74, 6) is 0.569. The second-order valence-corrected chi connectivity index (χ2v) is 6.75. The number of aromatic nitrogens is 4. The van der Waals surface area contributed by atoms with Crippen molar-refractivity contribution >= 4 is 34.6 Å². The number of fused-ring (bicyclic) bond motifs is 1. The van der Waals surface area contributed by atoms with Crippen LogP contribution in [0.1, 0.15) is 19.3 Å². The topological polar surface area (TPSA) is 73.1 Å². The Labute approximate surface area is 139 Å². The number of ether oxygens (including phenoxy) is 1. The van der Waals surface area contributed by atoms with Crippen molar-refractivity contribution in [2.75, 3.05) is 31.4 Å². The maximum absolute atomic E-state index is 11.5. The van der Waals surface area contributed by atoms with E-state index in [1.54, 1.807) is 17.2 Å². The van der Waals surface area contributed by atoms with Crippen molar-refractivity contribution in [2.45, 2.75) is 31.1 Å². The summed E-state index contributed by atoms with van der Waals surface area (Å²) in [5.41, 5.74) is 0.672. The monoisotopic (exact) mass is 335 g/mol. The van der Waals surface area contributed by atoms with Crippen molar-refractivity contribution in [3.8, 4) is 0 Å². The van der Waals surface area contributed by atoms with Gasteiger partial charge in [0, 0.05) is 18.3 Å². The van der Waals surface area contributed by atoms with Gasteiger partial charge in [0.25, 0.3) is 0 Å². The van der Waals surface area contributed by atoms with E-state index in [2.05, 4.69) is 26.2 Å². The van der Waals surface area contributed by atoms with Gasteiger partial charge in [-0.15, -0.1) is 0 Å². The van der Waals surface area contributed by atoms with Crippen molar-refractivity contribution in [1.29, 1.82) is 0 Å². The van der Waals surface area contributed by atoms with E-state index in [9.17, 15) is 4.79 Å². The first-order valence-corrected chi connectivity index (χ1v) is 9.02. The third-order valence-corrected chi connectivity index (χ3v) is 5.23. The number of carbonyl (C=O) groups excluding carboxylic acids is 1. The molecular weight excluding hydrogens is 314 g/mol. The van der Waals surface area contributed by atoms with E-state index < -0.39 is 0 Å². The fourth-order valence-electron chi connectivity index (χ4n) is 2.92. The van der Waals surface area contributed by atoms with E-state index in [0.717, 1.165) is 24.3 Å². The molecule has 1 aliphatic heterocycles. The summed E-state index contributed by atoms with van der Waals surface area (Å²) in [4.78, 5) is 22.6. The van der Waals surface area contributed by atoms with Crippen LogP contribution in [0.3, 0.4) is 0 Å². The predicted octanol–water partition coefficient (Wildman–Crippen LogP) is 1.72. The Bertz CT molecular complexity index is 690. The lowest BCUT2D eigenvalue weighted by Crippen LogP contribution is -2.30. The number of methoxy groups -OCH3 is 1. The SMILES string of the molecule is COC(=O)Cn1ncc2c(N3CCCCC(SC)C3)ncnc21. The van der Waals surface area contributed by atoms with E-state index in [0.29, 0.717) is 10.9 Å². The third kappa shape index (κ3) is 3.41. The number of nitrogens with zero attached hydrogens (tertiary/aromatic N) is 5. The van der Waals surface area contributed by atoms with Crippen LogP contribution in [0.2, 0.25) is 0 Å². The van der Waals surface area contributed by atoms with Gasteiger partial charge in [-0.2, -0.15) is 16.9 Å². The molecule has 124 valence electrons. The molecule has 8 heteroatoms. The highest BCUT2D eigenvalue weighted by Crippen LogP contribution is 2.27. The summed E-state index contributed by atoms with van der Waals surface area (Å²) in [6.45, 7) is 2.03. The normalized spacial score (nSPS) is 18.9. The van der Waals surface area contributed by atoms with Crippen molar-refractivity contribution in [3.63, 3.8) is 0 Å². The summed E-state index contributed by atoms with van der Waals surface area (Å²) in [7, 11) is 1.37. The molecule has 23 heavy (non-hydrogen) atoms. The minimum atomic E-state index is -0.340. The molecule has 0 amide bonds. The maximum Gasteiger partial charge on any atom is 0.327 e. The molecule has 0 bridgehead atoms. The van der Waals surface area contributed by atoms with Crippen LogP contribution in [0.4, 0.5) is 5.82 Å². The van der Waals surface area contributed by atoms with Crippen LogP contribution in [0, 0.1) is 0 Å². The molecule has 7 nitrogen and oxygen atoms in total. The average molecular weight is 335 g/mol. The lowest BCUT2D eigenvalue weighted by molar-refractivity contribution is -0.141. The smallest absolute Gasteiger partial charge is 0.327 e. The highest BCUT2D eigenvalue weighted by molar-refractivity contribution is 7.99. The summed E-state index contributed by atoms with van der Waals surface area (Å²) in [6.07, 6.45) is 9.11. The Morgan fingerprint density at radius 2 is 2.30 bits per heavy atom. The van der Waals surface area contributed by atoms with E-state index in [4.69, 9.17) is 4.74 Å². The van der Waals surface area contributed by atoms with Gasteiger partial charge in [-0.05, 0) is 19.1 Å². The van der Waals surface area contributed by atoms with Crippen LogP contribution >= 0.6 is 11.8 Å². The first-order chi connectivity index (χ1) is 11.2. The molecule has 3 rings (SSSR count). The lowest BCUT2D eigenvalue weighted by Gasteiger charge is -2.24. The molecule has 0 N–H and O–H groups in total. The largest absolute Gasteiger partial charge is 0.468 e. The summed E-state index contributed by atoms with van der Waals surface area (Å²) >= 11 is 1.91. The van der Waals surface area contributed by atoms with Gasteiger partial charge < -0.3 is 9.64 Å². The summed E-state index contributed by atoms with van der Waals surface area (Å²) in [5, 5.41) is 5.79. The molecule has 3 heterocycles. The fourth-order valence-corrected chi connectivity index (χ4v) is 3.65. The van der Waals surface area contributed by atoms with Crippen molar-refractivity contribution in [2.24, 2.45) is 0 Å². The molecule has 0 saturated carbocycles. The average Bonchev–Trinajstić information content (AvgIpc) is 2.83. The Hall–Kier alpha value is -1.83. The van der Waals surface area contributed by atoms with Crippen LogP contribution in [-0.2, 0) is 16.1 Å². The first kappa shape index (κ1) is 16.0. The van der Waals surface area contributed by atoms with Gasteiger partial charge in [0.1, 0.15) is 18.7 Å². The molecular formula is C15H21N5O2S. The zero-order valence-corrected chi connectivity index (χ0v) is 14.3. The molecule has 1 unspecified atom stereocenters. The molecule has 0 aliphatic carbocycles. The van der Waals surface area contributed by atoms with Gasteiger partial charge in [-0.25, -0.2) is 14.6 Å². The zero-order valence-electron chi connectivity index (χ0n) is 13.4. The summed E-state index contributed by atoms with van der Waals surface area (Å²) < 4.78 is 6.27. The minimum absolute atomic E-state index is 0.0594. The number of thioether (sulfide) groups is 1. The zero-order chi connectivity index (χ0) is 16.2. The maximum atomic E-state index is 11.5. The number of rotatable bonds is 4. The molecule has 1 atom stereocenters. The Kier molecular flexibility index (Phi) is 5.00. The standard InChI is InChI=1S/C15H21N5O2S/c1-22-13(21)9-20-15-12(7-18-20)14(16-10-17-15)19-6-4-3-5-11(8-19)23-2/h7,10-11H,3-6,8-9H2,1-2H3. The third-order valence-electron chi connectivity index (χ3n) is 4.18. The number of esters is 1. The van der Waals surface area contributed by atoms with Crippen molar-refractivity contribution in [1.82, 2.24) is 19.7 Å². The molecule has 0 radical (unpaired) electrons. The Balaban J connectivity index is 1.93. The fraction of sp³-hybridized carbons (Fsp3) is 0.600. The van der Waals surface area contributed by atoms with Crippen LogP contribution in [0.5, 0.6) is 0 Å². The molecule has 2 aromatic heterocycles. The van der Waals surface area contributed by atoms with E-state index >= 15 is 0 Å². The summed E-state index contributed by atoms with van der Waals surface area (Å²) in [6, 6.07) is 0. The van der Waals surface area contributed by atoms with Crippen LogP contribution in [-0.4, -0.2) is 57.4 Å². The molecule has 1 saturated heterocycles. The van der Waals surface area contributed by atoms with E-state index in [-0.39, 0.29) is 12.5 Å². The van der Waals surface area contributed by atoms with E-state index in [1.807, 2.05) is 11.8 Å². The van der Waals surface area contributed by atoms with Gasteiger partial charge in [-0.3, -0.25) is 4.79 Å². The number of hydrogen-bond acceptors (Lipinski definition) is 7. The molecule has 2 aromatic rings. The highest BCUT2D eigenvalue weighted by Gasteiger charge is 2.22. The quantitative estimate of drug-likeness (QED) is 0.788. The first-order valence-electron chi connectivity index (χ1n) is 7.74. The molecule has 1 fully saturated rings. The van der Waals surface area contributed by atoms with Gasteiger partial charge >= 0.3 is 5.97 Å². The van der Waals surface area contributed by atoms with Crippen LogP contribution in [0.15, 0.2) is 12.5 Å². The second kappa shape index (κ2) is 7.16. The Morgan fingerprint density at radius 1 is 1.43 bits per heavy atom. The van der Waals surface area contributed by atoms with Crippen LogP contribution < -0.4 is 4.90 Å². The number of anilines is 1. The lowest BCUT2D eigenvalue weighted by atomic mass is 10.2. The van der Waals surface area contributed by atoms with Gasteiger partial charge in [0.05, 0.1) is 18.7 Å². The van der Waals surface area contributed by atoms with Gasteiger partial charge in [-0.1, -0.05) is 6.42 Å². The van der Waals surface area contributed by atoms with Gasteiger partial charge in [0.2, 0.25) is 0 Å². The number of hydrogen-bond donors (Lipinski definition) is 0.